The molecule has 1 N–H and O–H groups in total. The van der Waals surface area contributed by atoms with Crippen molar-refractivity contribution in [3.05, 3.63) is 65.4 Å². The molecule has 1 atom stereocenters. The lowest BCUT2D eigenvalue weighted by Crippen LogP contribution is -2.22. The Labute approximate surface area is 155 Å². The lowest BCUT2D eigenvalue weighted by Gasteiger charge is -2.13. The number of anilines is 1. The fourth-order valence-corrected chi connectivity index (χ4v) is 3.35. The van der Waals surface area contributed by atoms with Gasteiger partial charge in [-0.2, -0.15) is 0 Å². The molecule has 0 saturated carbocycles. The zero-order chi connectivity index (χ0) is 17.8. The summed E-state index contributed by atoms with van der Waals surface area (Å²) in [5.74, 6) is -0.119. The van der Waals surface area contributed by atoms with Crippen LogP contribution in [0.1, 0.15) is 12.5 Å². The molecule has 0 aliphatic heterocycles. The first-order valence-corrected chi connectivity index (χ1v) is 8.99. The Hall–Kier alpha value is -2.31. The van der Waals surface area contributed by atoms with Gasteiger partial charge in [-0.15, -0.1) is 10.2 Å². The lowest BCUT2D eigenvalue weighted by atomic mass is 10.2. The van der Waals surface area contributed by atoms with Gasteiger partial charge in [-0.3, -0.25) is 9.36 Å². The van der Waals surface area contributed by atoms with Crippen molar-refractivity contribution in [3.8, 4) is 5.69 Å². The van der Waals surface area contributed by atoms with E-state index < -0.39 is 0 Å². The summed E-state index contributed by atoms with van der Waals surface area (Å²) < 4.78 is 1.89. The molecule has 0 fully saturated rings. The first-order valence-electron chi connectivity index (χ1n) is 7.73. The third kappa shape index (κ3) is 4.21. The minimum atomic E-state index is -0.342. The van der Waals surface area contributed by atoms with Crippen molar-refractivity contribution in [2.45, 2.75) is 24.3 Å². The molecule has 0 aliphatic rings. The highest BCUT2D eigenvalue weighted by atomic mass is 35.5. The Balaban J connectivity index is 1.74. The van der Waals surface area contributed by atoms with Crippen molar-refractivity contribution < 1.29 is 4.79 Å². The van der Waals surface area contributed by atoms with Crippen molar-refractivity contribution in [2.24, 2.45) is 0 Å². The molecule has 3 aromatic rings. The fraction of sp³-hybridized carbons (Fsp3) is 0.167. The number of para-hydroxylation sites is 1. The van der Waals surface area contributed by atoms with E-state index in [9.17, 15) is 4.79 Å². The van der Waals surface area contributed by atoms with Crippen LogP contribution in [0.3, 0.4) is 0 Å². The second kappa shape index (κ2) is 7.72. The van der Waals surface area contributed by atoms with Gasteiger partial charge in [0.05, 0.1) is 10.9 Å². The van der Waals surface area contributed by atoms with Crippen LogP contribution in [0.5, 0.6) is 0 Å². The van der Waals surface area contributed by atoms with Gasteiger partial charge in [-0.05, 0) is 43.7 Å². The Kier molecular flexibility index (Phi) is 5.40. The highest BCUT2D eigenvalue weighted by Gasteiger charge is 2.19. The largest absolute Gasteiger partial charge is 0.325 e. The van der Waals surface area contributed by atoms with E-state index >= 15 is 0 Å². The van der Waals surface area contributed by atoms with E-state index in [1.807, 2.05) is 42.7 Å². The lowest BCUT2D eigenvalue weighted by molar-refractivity contribution is -0.115. The topological polar surface area (TPSA) is 59.8 Å². The molecule has 25 heavy (non-hydrogen) atoms. The number of nitrogens with one attached hydrogen (secondary N) is 1. The summed E-state index contributed by atoms with van der Waals surface area (Å²) >= 11 is 7.30. The maximum atomic E-state index is 12.4. The SMILES string of the molecule is Cc1ccccc1-n1cnnc1S[C@@H](C)C(=O)Nc1cccc(Cl)c1. The van der Waals surface area contributed by atoms with Crippen molar-refractivity contribution >= 4 is 35.0 Å². The highest BCUT2D eigenvalue weighted by Crippen LogP contribution is 2.26. The Morgan fingerprint density at radius 2 is 2.04 bits per heavy atom. The summed E-state index contributed by atoms with van der Waals surface area (Å²) in [4.78, 5) is 12.4. The first kappa shape index (κ1) is 17.5. The predicted molar refractivity (Wildman–Crippen MR) is 101 cm³/mol. The van der Waals surface area contributed by atoms with Gasteiger partial charge in [0.1, 0.15) is 6.33 Å². The molecule has 0 aliphatic carbocycles. The molecular weight excluding hydrogens is 356 g/mol. The van der Waals surface area contributed by atoms with E-state index in [0.29, 0.717) is 15.9 Å². The molecule has 128 valence electrons. The molecule has 0 unspecified atom stereocenters. The van der Waals surface area contributed by atoms with Crippen LogP contribution in [0.4, 0.5) is 5.69 Å². The smallest absolute Gasteiger partial charge is 0.237 e. The molecule has 1 aromatic heterocycles. The van der Waals surface area contributed by atoms with Crippen LogP contribution in [0, 0.1) is 6.92 Å². The van der Waals surface area contributed by atoms with Crippen molar-refractivity contribution in [1.29, 1.82) is 0 Å². The predicted octanol–water partition coefficient (Wildman–Crippen LogP) is 4.35. The van der Waals surface area contributed by atoms with Crippen LogP contribution in [0.25, 0.3) is 5.69 Å². The zero-order valence-electron chi connectivity index (χ0n) is 13.8. The number of benzene rings is 2. The standard InChI is InChI=1S/C18H17ClN4OS/c1-12-6-3-4-9-16(12)23-11-20-22-18(23)25-13(2)17(24)21-15-8-5-7-14(19)10-15/h3-11,13H,1-2H3,(H,21,24)/t13-/m0/s1. The van der Waals surface area contributed by atoms with E-state index in [2.05, 4.69) is 15.5 Å². The zero-order valence-corrected chi connectivity index (χ0v) is 15.4. The monoisotopic (exact) mass is 372 g/mol. The number of hydrogen-bond acceptors (Lipinski definition) is 4. The van der Waals surface area contributed by atoms with Gasteiger partial charge in [0.2, 0.25) is 5.91 Å². The van der Waals surface area contributed by atoms with Gasteiger partial charge in [0.25, 0.3) is 0 Å². The molecule has 1 heterocycles. The highest BCUT2D eigenvalue weighted by molar-refractivity contribution is 8.00. The van der Waals surface area contributed by atoms with Gasteiger partial charge >= 0.3 is 0 Å². The summed E-state index contributed by atoms with van der Waals surface area (Å²) in [6, 6.07) is 15.1. The average molecular weight is 373 g/mol. The number of halogens is 1. The van der Waals surface area contributed by atoms with Crippen LogP contribution >= 0.6 is 23.4 Å². The van der Waals surface area contributed by atoms with Crippen LogP contribution in [0.2, 0.25) is 5.02 Å². The molecule has 0 radical (unpaired) electrons. The molecular formula is C18H17ClN4OS. The Morgan fingerprint density at radius 3 is 2.80 bits per heavy atom. The Morgan fingerprint density at radius 1 is 1.24 bits per heavy atom. The molecule has 0 bridgehead atoms. The first-order chi connectivity index (χ1) is 12.0. The summed E-state index contributed by atoms with van der Waals surface area (Å²) in [6.07, 6.45) is 1.66. The molecule has 0 saturated heterocycles. The van der Waals surface area contributed by atoms with E-state index in [1.54, 1.807) is 30.6 Å². The number of rotatable bonds is 5. The van der Waals surface area contributed by atoms with Gasteiger partial charge in [-0.1, -0.05) is 47.6 Å². The van der Waals surface area contributed by atoms with E-state index in [4.69, 9.17) is 11.6 Å². The number of nitrogens with zero attached hydrogens (tertiary/aromatic N) is 3. The van der Waals surface area contributed by atoms with Gasteiger partial charge in [0, 0.05) is 10.7 Å². The third-order valence-electron chi connectivity index (χ3n) is 3.64. The number of hydrogen-bond donors (Lipinski definition) is 1. The molecule has 7 heteroatoms. The molecule has 0 spiro atoms. The second-order valence-electron chi connectivity index (χ2n) is 5.53. The average Bonchev–Trinajstić information content (AvgIpc) is 3.03. The molecule has 3 rings (SSSR count). The minimum Gasteiger partial charge on any atom is -0.325 e. The van der Waals surface area contributed by atoms with Crippen molar-refractivity contribution in [3.63, 3.8) is 0 Å². The summed E-state index contributed by atoms with van der Waals surface area (Å²) in [5.41, 5.74) is 2.78. The minimum absolute atomic E-state index is 0.119. The fourth-order valence-electron chi connectivity index (χ4n) is 2.33. The number of aromatic nitrogens is 3. The number of thioether (sulfide) groups is 1. The third-order valence-corrected chi connectivity index (χ3v) is 4.93. The van der Waals surface area contributed by atoms with E-state index in [0.717, 1.165) is 11.3 Å². The quantitative estimate of drug-likeness (QED) is 0.676. The molecule has 1 amide bonds. The normalized spacial score (nSPS) is 12.0. The second-order valence-corrected chi connectivity index (χ2v) is 7.27. The van der Waals surface area contributed by atoms with Crippen LogP contribution < -0.4 is 5.32 Å². The number of amides is 1. The number of carbonyl (C=O) groups is 1. The van der Waals surface area contributed by atoms with E-state index in [1.165, 1.54) is 11.8 Å². The summed E-state index contributed by atoms with van der Waals surface area (Å²) in [7, 11) is 0. The maximum Gasteiger partial charge on any atom is 0.237 e. The maximum absolute atomic E-state index is 12.4. The molecule has 5 nitrogen and oxygen atoms in total. The number of aryl methyl sites for hydroxylation is 1. The summed E-state index contributed by atoms with van der Waals surface area (Å²) in [5, 5.41) is 11.9. The summed E-state index contributed by atoms with van der Waals surface area (Å²) in [6.45, 7) is 3.86. The Bertz CT molecular complexity index is 896. The van der Waals surface area contributed by atoms with Crippen LogP contribution in [-0.2, 0) is 4.79 Å². The molecule has 2 aromatic carbocycles. The van der Waals surface area contributed by atoms with Crippen LogP contribution in [-0.4, -0.2) is 25.9 Å². The van der Waals surface area contributed by atoms with Gasteiger partial charge in [-0.25, -0.2) is 0 Å². The van der Waals surface area contributed by atoms with Gasteiger partial charge in [0.15, 0.2) is 5.16 Å². The van der Waals surface area contributed by atoms with Crippen molar-refractivity contribution in [2.75, 3.05) is 5.32 Å². The van der Waals surface area contributed by atoms with Crippen LogP contribution in [0.15, 0.2) is 60.0 Å². The number of carbonyl (C=O) groups excluding carboxylic acids is 1. The van der Waals surface area contributed by atoms with Gasteiger partial charge < -0.3 is 5.32 Å². The van der Waals surface area contributed by atoms with E-state index in [-0.39, 0.29) is 11.2 Å². The van der Waals surface area contributed by atoms with Crippen molar-refractivity contribution in [1.82, 2.24) is 14.8 Å².